The van der Waals surface area contributed by atoms with Crippen molar-refractivity contribution in [3.8, 4) is 5.75 Å². The number of fused-ring (bicyclic) bond motifs is 1. The van der Waals surface area contributed by atoms with Crippen LogP contribution < -0.4 is 10.1 Å². The summed E-state index contributed by atoms with van der Waals surface area (Å²) in [5, 5.41) is 13.6. The Morgan fingerprint density at radius 2 is 2.04 bits per heavy atom. The molecule has 1 saturated heterocycles. The topological polar surface area (TPSA) is 69.4 Å². The van der Waals surface area contributed by atoms with Crippen molar-refractivity contribution in [2.24, 2.45) is 0 Å². The number of aromatic nitrogens is 2. The Bertz CT molecular complexity index is 840. The van der Waals surface area contributed by atoms with Crippen molar-refractivity contribution < 1.29 is 13.9 Å². The van der Waals surface area contributed by atoms with Gasteiger partial charge in [-0.05, 0) is 47.4 Å². The molecule has 0 amide bonds. The van der Waals surface area contributed by atoms with Crippen LogP contribution in [-0.4, -0.2) is 23.9 Å². The Labute approximate surface area is 139 Å². The van der Waals surface area contributed by atoms with Crippen molar-refractivity contribution in [2.75, 3.05) is 19.0 Å². The van der Waals surface area contributed by atoms with Gasteiger partial charge in [0.2, 0.25) is 5.89 Å². The highest BCUT2D eigenvalue weighted by Gasteiger charge is 2.23. The van der Waals surface area contributed by atoms with Crippen LogP contribution in [0.3, 0.4) is 0 Å². The molecule has 0 aliphatic carbocycles. The molecule has 3 aromatic rings. The van der Waals surface area contributed by atoms with E-state index in [4.69, 9.17) is 13.9 Å². The van der Waals surface area contributed by atoms with Crippen LogP contribution >= 0.6 is 0 Å². The van der Waals surface area contributed by atoms with E-state index in [1.165, 1.54) is 5.39 Å². The summed E-state index contributed by atoms with van der Waals surface area (Å²) in [7, 11) is 1.68. The normalized spacial score (nSPS) is 17.3. The maximum absolute atomic E-state index is 5.63. The number of ether oxygens (including phenoxy) is 2. The van der Waals surface area contributed by atoms with E-state index in [9.17, 15) is 0 Å². The van der Waals surface area contributed by atoms with Gasteiger partial charge in [-0.2, -0.15) is 0 Å². The van der Waals surface area contributed by atoms with E-state index in [0.29, 0.717) is 18.5 Å². The fraction of sp³-hybridized carbons (Fsp3) is 0.333. The second-order valence-corrected chi connectivity index (χ2v) is 5.85. The molecule has 2 heterocycles. The van der Waals surface area contributed by atoms with Gasteiger partial charge in [0.05, 0.1) is 7.11 Å². The largest absolute Gasteiger partial charge is 0.497 e. The van der Waals surface area contributed by atoms with Gasteiger partial charge in [-0.3, -0.25) is 0 Å². The van der Waals surface area contributed by atoms with E-state index >= 15 is 0 Å². The zero-order valence-electron chi connectivity index (χ0n) is 13.5. The van der Waals surface area contributed by atoms with Gasteiger partial charge in [0, 0.05) is 13.2 Å². The van der Waals surface area contributed by atoms with Crippen LogP contribution in [0.2, 0.25) is 0 Å². The molecule has 124 valence electrons. The van der Waals surface area contributed by atoms with Crippen LogP contribution in [0, 0.1) is 0 Å². The Balaban J connectivity index is 1.44. The second kappa shape index (κ2) is 6.49. The lowest BCUT2D eigenvalue weighted by Crippen LogP contribution is -1.99. The molecule has 6 nitrogen and oxygen atoms in total. The third-order valence-electron chi connectivity index (χ3n) is 4.20. The molecule has 0 spiro atoms. The van der Waals surface area contributed by atoms with Gasteiger partial charge < -0.3 is 19.2 Å². The average molecular weight is 325 g/mol. The smallest absolute Gasteiger partial charge is 0.315 e. The number of rotatable bonds is 5. The van der Waals surface area contributed by atoms with Gasteiger partial charge in [0.15, 0.2) is 0 Å². The first-order valence-electron chi connectivity index (χ1n) is 8.07. The fourth-order valence-corrected chi connectivity index (χ4v) is 2.90. The number of hydrogen-bond donors (Lipinski definition) is 1. The van der Waals surface area contributed by atoms with E-state index in [1.807, 2.05) is 12.1 Å². The van der Waals surface area contributed by atoms with Gasteiger partial charge in [-0.1, -0.05) is 23.3 Å². The summed E-state index contributed by atoms with van der Waals surface area (Å²) in [5.41, 5.74) is 1.14. The third-order valence-corrected chi connectivity index (χ3v) is 4.20. The van der Waals surface area contributed by atoms with Crippen molar-refractivity contribution in [3.05, 3.63) is 47.9 Å². The zero-order chi connectivity index (χ0) is 16.4. The Morgan fingerprint density at radius 3 is 2.88 bits per heavy atom. The molecule has 24 heavy (non-hydrogen) atoms. The number of methoxy groups -OCH3 is 1. The minimum absolute atomic E-state index is 0.0521. The van der Waals surface area contributed by atoms with Gasteiger partial charge in [-0.25, -0.2) is 0 Å². The highest BCUT2D eigenvalue weighted by molar-refractivity contribution is 5.84. The summed E-state index contributed by atoms with van der Waals surface area (Å²) >= 11 is 0. The average Bonchev–Trinajstić information content (AvgIpc) is 3.30. The first kappa shape index (κ1) is 15.0. The number of hydrogen-bond acceptors (Lipinski definition) is 6. The van der Waals surface area contributed by atoms with Crippen LogP contribution in [0.1, 0.15) is 30.4 Å². The van der Waals surface area contributed by atoms with Crippen molar-refractivity contribution in [1.82, 2.24) is 10.2 Å². The third kappa shape index (κ3) is 3.05. The number of anilines is 1. The van der Waals surface area contributed by atoms with Gasteiger partial charge in [0.25, 0.3) is 0 Å². The molecule has 1 aromatic heterocycles. The van der Waals surface area contributed by atoms with Crippen LogP contribution in [0.15, 0.2) is 40.8 Å². The Kier molecular flexibility index (Phi) is 4.04. The van der Waals surface area contributed by atoms with Crippen LogP contribution in [0.4, 0.5) is 6.01 Å². The van der Waals surface area contributed by atoms with E-state index < -0.39 is 0 Å². The minimum Gasteiger partial charge on any atom is -0.497 e. The predicted octanol–water partition coefficient (Wildman–Crippen LogP) is 3.70. The molecule has 1 N–H and O–H groups in total. The molecular formula is C18H19N3O3. The van der Waals surface area contributed by atoms with Crippen molar-refractivity contribution >= 4 is 16.8 Å². The van der Waals surface area contributed by atoms with Crippen molar-refractivity contribution in [1.29, 1.82) is 0 Å². The van der Waals surface area contributed by atoms with E-state index in [1.54, 1.807) is 7.11 Å². The molecule has 0 saturated carbocycles. The molecule has 1 unspecified atom stereocenters. The summed E-state index contributed by atoms with van der Waals surface area (Å²) in [6, 6.07) is 12.8. The highest BCUT2D eigenvalue weighted by Crippen LogP contribution is 2.28. The SMILES string of the molecule is COc1ccc2cc(CNc3nnc(C4CCCO4)o3)ccc2c1. The molecule has 1 atom stereocenters. The quantitative estimate of drug-likeness (QED) is 0.771. The summed E-state index contributed by atoms with van der Waals surface area (Å²) in [6.07, 6.45) is 1.93. The first-order valence-corrected chi connectivity index (χ1v) is 8.07. The van der Waals surface area contributed by atoms with Crippen LogP contribution in [-0.2, 0) is 11.3 Å². The number of nitrogens with one attached hydrogen (secondary N) is 1. The predicted molar refractivity (Wildman–Crippen MR) is 90.1 cm³/mol. The molecule has 0 bridgehead atoms. The second-order valence-electron chi connectivity index (χ2n) is 5.85. The summed E-state index contributed by atoms with van der Waals surface area (Å²) in [4.78, 5) is 0. The molecule has 1 aliphatic rings. The van der Waals surface area contributed by atoms with Crippen LogP contribution in [0.25, 0.3) is 10.8 Å². The lowest BCUT2D eigenvalue weighted by atomic mass is 10.1. The van der Waals surface area contributed by atoms with E-state index in [2.05, 4.69) is 39.8 Å². The van der Waals surface area contributed by atoms with Gasteiger partial charge in [-0.15, -0.1) is 5.10 Å². The molecule has 6 heteroatoms. The van der Waals surface area contributed by atoms with E-state index in [0.717, 1.165) is 36.1 Å². The van der Waals surface area contributed by atoms with Gasteiger partial charge >= 0.3 is 6.01 Å². The van der Waals surface area contributed by atoms with Crippen LogP contribution in [0.5, 0.6) is 5.75 Å². The van der Waals surface area contributed by atoms with Crippen molar-refractivity contribution in [2.45, 2.75) is 25.5 Å². The fourth-order valence-electron chi connectivity index (χ4n) is 2.90. The number of nitrogens with zero attached hydrogens (tertiary/aromatic N) is 2. The zero-order valence-corrected chi connectivity index (χ0v) is 13.5. The monoisotopic (exact) mass is 325 g/mol. The summed E-state index contributed by atoms with van der Waals surface area (Å²) < 4.78 is 16.4. The maximum Gasteiger partial charge on any atom is 0.315 e. The standard InChI is InChI=1S/C18H19N3O3/c1-22-15-7-6-13-9-12(4-5-14(13)10-15)11-19-18-21-20-17(24-18)16-3-2-8-23-16/h4-7,9-10,16H,2-3,8,11H2,1H3,(H,19,21). The summed E-state index contributed by atoms with van der Waals surface area (Å²) in [6.45, 7) is 1.38. The highest BCUT2D eigenvalue weighted by atomic mass is 16.5. The van der Waals surface area contributed by atoms with Crippen molar-refractivity contribution in [3.63, 3.8) is 0 Å². The molecular weight excluding hydrogens is 306 g/mol. The molecule has 4 rings (SSSR count). The number of benzene rings is 2. The Morgan fingerprint density at radius 1 is 1.17 bits per heavy atom. The minimum atomic E-state index is -0.0521. The molecule has 1 fully saturated rings. The molecule has 1 aliphatic heterocycles. The maximum atomic E-state index is 5.63. The van der Waals surface area contributed by atoms with E-state index in [-0.39, 0.29) is 6.10 Å². The Hall–Kier alpha value is -2.60. The van der Waals surface area contributed by atoms with Gasteiger partial charge in [0.1, 0.15) is 11.9 Å². The molecule has 2 aromatic carbocycles. The first-order chi connectivity index (χ1) is 11.8. The molecule has 0 radical (unpaired) electrons. The lowest BCUT2D eigenvalue weighted by Gasteiger charge is -2.06. The summed E-state index contributed by atoms with van der Waals surface area (Å²) in [5.74, 6) is 1.42. The lowest BCUT2D eigenvalue weighted by molar-refractivity contribution is 0.0897.